The highest BCUT2D eigenvalue weighted by atomic mass is 32.2. The van der Waals surface area contributed by atoms with Crippen LogP contribution in [-0.4, -0.2) is 34.7 Å². The molecule has 4 atom stereocenters. The topological polar surface area (TPSA) is 49.3 Å². The Labute approximate surface area is 123 Å². The van der Waals surface area contributed by atoms with Crippen LogP contribution in [0.25, 0.3) is 0 Å². The van der Waals surface area contributed by atoms with Gasteiger partial charge in [0.15, 0.2) is 5.60 Å². The van der Waals surface area contributed by atoms with E-state index < -0.39 is 5.60 Å². The van der Waals surface area contributed by atoms with Crippen LogP contribution in [0.4, 0.5) is 0 Å². The van der Waals surface area contributed by atoms with Crippen molar-refractivity contribution in [1.29, 1.82) is 0 Å². The molecule has 2 N–H and O–H groups in total. The maximum Gasteiger partial charge on any atom is 0.252 e. The van der Waals surface area contributed by atoms with Crippen molar-refractivity contribution in [1.82, 2.24) is 5.32 Å². The van der Waals surface area contributed by atoms with Gasteiger partial charge in [0.05, 0.1) is 0 Å². The molecular formula is C16H19NO2S. The van der Waals surface area contributed by atoms with E-state index in [1.807, 2.05) is 0 Å². The van der Waals surface area contributed by atoms with E-state index in [2.05, 4.69) is 29.6 Å². The number of aliphatic hydroxyl groups is 1. The van der Waals surface area contributed by atoms with Crippen LogP contribution in [0.1, 0.15) is 23.5 Å². The average Bonchev–Trinajstić information content (AvgIpc) is 2.81. The molecule has 1 amide bonds. The summed E-state index contributed by atoms with van der Waals surface area (Å²) < 4.78 is 0. The molecule has 0 spiro atoms. The fourth-order valence-electron chi connectivity index (χ4n) is 3.87. The van der Waals surface area contributed by atoms with Crippen LogP contribution in [0.3, 0.4) is 0 Å². The van der Waals surface area contributed by atoms with E-state index in [0.717, 1.165) is 18.7 Å². The molecule has 1 saturated heterocycles. The monoisotopic (exact) mass is 289 g/mol. The molecular weight excluding hydrogens is 270 g/mol. The second-order valence-electron chi connectivity index (χ2n) is 6.30. The minimum Gasteiger partial charge on any atom is -0.379 e. The van der Waals surface area contributed by atoms with Crippen molar-refractivity contribution in [3.63, 3.8) is 0 Å². The Kier molecular flexibility index (Phi) is 2.86. The maximum atomic E-state index is 12.1. The summed E-state index contributed by atoms with van der Waals surface area (Å²) in [6.07, 6.45) is 1.74. The number of rotatable bonds is 3. The van der Waals surface area contributed by atoms with Crippen LogP contribution in [0.15, 0.2) is 24.3 Å². The summed E-state index contributed by atoms with van der Waals surface area (Å²) in [5.74, 6) is 3.18. The van der Waals surface area contributed by atoms with Crippen molar-refractivity contribution in [2.24, 2.45) is 11.8 Å². The molecule has 2 fully saturated rings. The summed E-state index contributed by atoms with van der Waals surface area (Å²) >= 11 is 1.66. The first-order valence-electron chi connectivity index (χ1n) is 7.35. The highest BCUT2D eigenvalue weighted by Gasteiger charge is 2.55. The second-order valence-corrected chi connectivity index (χ2v) is 7.41. The van der Waals surface area contributed by atoms with E-state index in [4.69, 9.17) is 0 Å². The first-order valence-corrected chi connectivity index (χ1v) is 8.51. The van der Waals surface area contributed by atoms with Gasteiger partial charge < -0.3 is 10.4 Å². The molecule has 106 valence electrons. The van der Waals surface area contributed by atoms with Gasteiger partial charge >= 0.3 is 0 Å². The lowest BCUT2D eigenvalue weighted by Crippen LogP contribution is -2.47. The third-order valence-corrected chi connectivity index (χ3v) is 6.30. The third-order valence-electron chi connectivity index (χ3n) is 5.12. The lowest BCUT2D eigenvalue weighted by Gasteiger charge is -2.20. The molecule has 1 aromatic carbocycles. The van der Waals surface area contributed by atoms with Crippen molar-refractivity contribution in [2.45, 2.75) is 24.4 Å². The molecule has 0 bridgehead atoms. The van der Waals surface area contributed by atoms with Gasteiger partial charge in [-0.15, -0.1) is 0 Å². The highest BCUT2D eigenvalue weighted by Crippen LogP contribution is 2.60. The van der Waals surface area contributed by atoms with Crippen molar-refractivity contribution in [3.05, 3.63) is 35.4 Å². The van der Waals surface area contributed by atoms with Gasteiger partial charge in [0.2, 0.25) is 0 Å². The second kappa shape index (κ2) is 4.50. The molecule has 20 heavy (non-hydrogen) atoms. The molecule has 1 heterocycles. The van der Waals surface area contributed by atoms with Crippen LogP contribution >= 0.6 is 11.8 Å². The Bertz CT molecular complexity index is 553. The minimum atomic E-state index is -1.12. The summed E-state index contributed by atoms with van der Waals surface area (Å²) in [5, 5.41) is 13.2. The predicted octanol–water partition coefficient (Wildman–Crippen LogP) is 1.56. The fourth-order valence-corrected chi connectivity index (χ4v) is 5.11. The van der Waals surface area contributed by atoms with Crippen LogP contribution in [0.5, 0.6) is 0 Å². The highest BCUT2D eigenvalue weighted by molar-refractivity contribution is 7.99. The van der Waals surface area contributed by atoms with Gasteiger partial charge in [-0.05, 0) is 47.5 Å². The van der Waals surface area contributed by atoms with Crippen molar-refractivity contribution >= 4 is 17.7 Å². The summed E-state index contributed by atoms with van der Waals surface area (Å²) in [6.45, 7) is 0.718. The quantitative estimate of drug-likeness (QED) is 0.888. The zero-order valence-corrected chi connectivity index (χ0v) is 12.2. The first-order chi connectivity index (χ1) is 9.69. The Morgan fingerprint density at radius 3 is 3.10 bits per heavy atom. The van der Waals surface area contributed by atoms with Gasteiger partial charge in [-0.1, -0.05) is 24.3 Å². The SMILES string of the molecule is O=C(NCC1C2Cc3ccccc3C12)C1(O)CCSC1. The molecule has 4 heteroatoms. The lowest BCUT2D eigenvalue weighted by atomic mass is 10.0. The van der Waals surface area contributed by atoms with Gasteiger partial charge in [0.1, 0.15) is 0 Å². The van der Waals surface area contributed by atoms with E-state index in [1.54, 1.807) is 11.8 Å². The van der Waals surface area contributed by atoms with Crippen LogP contribution < -0.4 is 5.32 Å². The van der Waals surface area contributed by atoms with Crippen LogP contribution in [0.2, 0.25) is 0 Å². The van der Waals surface area contributed by atoms with Crippen molar-refractivity contribution in [2.75, 3.05) is 18.1 Å². The maximum absolute atomic E-state index is 12.1. The van der Waals surface area contributed by atoms with E-state index in [9.17, 15) is 9.90 Å². The molecule has 4 unspecified atom stereocenters. The molecule has 1 aliphatic heterocycles. The van der Waals surface area contributed by atoms with Crippen molar-refractivity contribution < 1.29 is 9.90 Å². The largest absolute Gasteiger partial charge is 0.379 e. The van der Waals surface area contributed by atoms with Crippen molar-refractivity contribution in [3.8, 4) is 0 Å². The number of benzene rings is 1. The molecule has 0 aromatic heterocycles. The van der Waals surface area contributed by atoms with Gasteiger partial charge in [0, 0.05) is 12.3 Å². The molecule has 1 aromatic rings. The van der Waals surface area contributed by atoms with Gasteiger partial charge in [-0.25, -0.2) is 0 Å². The summed E-state index contributed by atoms with van der Waals surface area (Å²) in [6, 6.07) is 8.65. The molecule has 3 aliphatic rings. The smallest absolute Gasteiger partial charge is 0.252 e. The number of fused-ring (bicyclic) bond motifs is 3. The van der Waals surface area contributed by atoms with E-state index in [1.165, 1.54) is 11.1 Å². The molecule has 3 nitrogen and oxygen atoms in total. The van der Waals surface area contributed by atoms with E-state index in [-0.39, 0.29) is 5.91 Å². The normalized spacial score (nSPS) is 37.4. The third kappa shape index (κ3) is 1.89. The zero-order chi connectivity index (χ0) is 13.7. The Morgan fingerprint density at radius 1 is 1.45 bits per heavy atom. The van der Waals surface area contributed by atoms with E-state index >= 15 is 0 Å². The predicted molar refractivity (Wildman–Crippen MR) is 79.8 cm³/mol. The number of thioether (sulfide) groups is 1. The Balaban J connectivity index is 1.36. The summed E-state index contributed by atoms with van der Waals surface area (Å²) in [4.78, 5) is 12.1. The standard InChI is InChI=1S/C16H19NO2S/c18-15(16(19)5-6-20-9-16)17-8-13-12-7-10-3-1-2-4-11(10)14(12)13/h1-4,12-14,19H,5-9H2,(H,17,18). The van der Waals surface area contributed by atoms with E-state index in [0.29, 0.717) is 29.9 Å². The van der Waals surface area contributed by atoms with Gasteiger partial charge in [-0.3, -0.25) is 4.79 Å². The number of amides is 1. The molecule has 0 radical (unpaired) electrons. The van der Waals surface area contributed by atoms with Crippen LogP contribution in [-0.2, 0) is 11.2 Å². The Hall–Kier alpha value is -1.00. The number of hydrogen-bond donors (Lipinski definition) is 2. The minimum absolute atomic E-state index is 0.166. The molecule has 2 aliphatic carbocycles. The lowest BCUT2D eigenvalue weighted by molar-refractivity contribution is -0.137. The zero-order valence-electron chi connectivity index (χ0n) is 11.3. The summed E-state index contributed by atoms with van der Waals surface area (Å²) in [5.41, 5.74) is 1.84. The van der Waals surface area contributed by atoms with Gasteiger partial charge in [0.25, 0.3) is 5.91 Å². The molecule has 4 rings (SSSR count). The summed E-state index contributed by atoms with van der Waals surface area (Å²) in [7, 11) is 0. The molecule has 1 saturated carbocycles. The first kappa shape index (κ1) is 12.7. The number of hydrogen-bond acceptors (Lipinski definition) is 3. The number of nitrogens with one attached hydrogen (secondary N) is 1. The van der Waals surface area contributed by atoms with Crippen LogP contribution in [0, 0.1) is 11.8 Å². The average molecular weight is 289 g/mol. The fraction of sp³-hybridized carbons (Fsp3) is 0.562. The number of carbonyl (C=O) groups is 1. The Morgan fingerprint density at radius 2 is 2.30 bits per heavy atom. The number of carbonyl (C=O) groups excluding carboxylic acids is 1. The van der Waals surface area contributed by atoms with Gasteiger partial charge in [-0.2, -0.15) is 11.8 Å².